The van der Waals surface area contributed by atoms with Gasteiger partial charge in [-0.05, 0) is 133 Å². The van der Waals surface area contributed by atoms with Gasteiger partial charge in [0.25, 0.3) is 0 Å². The first-order valence-corrected chi connectivity index (χ1v) is 21.3. The minimum Gasteiger partial charge on any atom is -0.310 e. The molecule has 0 saturated heterocycles. The minimum absolute atomic E-state index is 0.114. The summed E-state index contributed by atoms with van der Waals surface area (Å²) in [5.74, 6) is 0. The van der Waals surface area contributed by atoms with E-state index in [1.165, 1.54) is 87.9 Å². The first-order valence-electron chi connectivity index (χ1n) is 21.3. The van der Waals surface area contributed by atoms with Gasteiger partial charge < -0.3 is 9.47 Å². The molecule has 0 unspecified atom stereocenters. The van der Waals surface area contributed by atoms with Gasteiger partial charge >= 0.3 is 0 Å². The summed E-state index contributed by atoms with van der Waals surface area (Å²) in [7, 11) is 0. The summed E-state index contributed by atoms with van der Waals surface area (Å²) in [6, 6.07) is 80.4. The largest absolute Gasteiger partial charge is 0.310 e. The zero-order chi connectivity index (χ0) is 40.7. The fraction of sp³-hybridized carbons (Fsp3) is 0.0508. The van der Waals surface area contributed by atoms with Crippen molar-refractivity contribution in [2.75, 3.05) is 4.90 Å². The van der Waals surface area contributed by atoms with E-state index in [0.717, 1.165) is 22.7 Å². The van der Waals surface area contributed by atoms with Crippen molar-refractivity contribution in [3.63, 3.8) is 0 Å². The Balaban J connectivity index is 1.07. The van der Waals surface area contributed by atoms with Crippen LogP contribution in [0.5, 0.6) is 0 Å². The van der Waals surface area contributed by atoms with Crippen molar-refractivity contribution in [1.82, 2.24) is 4.57 Å². The number of anilines is 3. The quantitative estimate of drug-likeness (QED) is 0.163. The maximum atomic E-state index is 2.48. The highest BCUT2D eigenvalue weighted by atomic mass is 15.1. The summed E-state index contributed by atoms with van der Waals surface area (Å²) >= 11 is 0. The number of rotatable bonds is 6. The van der Waals surface area contributed by atoms with E-state index in [-0.39, 0.29) is 5.41 Å². The molecule has 0 radical (unpaired) electrons. The summed E-state index contributed by atoms with van der Waals surface area (Å²) < 4.78 is 2.48. The van der Waals surface area contributed by atoms with Gasteiger partial charge in [0.2, 0.25) is 0 Å². The molecular formula is C59H42N2. The third-order valence-corrected chi connectivity index (χ3v) is 13.2. The minimum atomic E-state index is -0.114. The van der Waals surface area contributed by atoms with Crippen molar-refractivity contribution in [2.45, 2.75) is 19.3 Å². The lowest BCUT2D eigenvalue weighted by Crippen LogP contribution is -2.14. The van der Waals surface area contributed by atoms with Gasteiger partial charge in [-0.15, -0.1) is 0 Å². The topological polar surface area (TPSA) is 8.17 Å². The van der Waals surface area contributed by atoms with Crippen LogP contribution in [0.3, 0.4) is 0 Å². The lowest BCUT2D eigenvalue weighted by atomic mass is 9.82. The highest BCUT2D eigenvalue weighted by molar-refractivity contribution is 6.13. The van der Waals surface area contributed by atoms with Gasteiger partial charge in [0, 0.05) is 38.9 Å². The van der Waals surface area contributed by atoms with Crippen molar-refractivity contribution in [2.24, 2.45) is 0 Å². The number of hydrogen-bond acceptors (Lipinski definition) is 1. The predicted octanol–water partition coefficient (Wildman–Crippen LogP) is 16.2. The second kappa shape index (κ2) is 13.7. The van der Waals surface area contributed by atoms with Crippen molar-refractivity contribution in [3.8, 4) is 39.1 Å². The van der Waals surface area contributed by atoms with Crippen LogP contribution in [0, 0.1) is 0 Å². The first kappa shape index (κ1) is 35.3. The molecule has 0 saturated carbocycles. The molecule has 11 aromatic rings. The molecule has 2 nitrogen and oxygen atoms in total. The van der Waals surface area contributed by atoms with Crippen molar-refractivity contribution >= 4 is 60.4 Å². The zero-order valence-electron chi connectivity index (χ0n) is 34.2. The van der Waals surface area contributed by atoms with Gasteiger partial charge in [-0.25, -0.2) is 0 Å². The molecule has 0 amide bonds. The Kier molecular flexibility index (Phi) is 7.92. The smallest absolute Gasteiger partial charge is 0.0544 e. The second-order valence-corrected chi connectivity index (χ2v) is 17.0. The number of fused-ring (bicyclic) bond motifs is 8. The Bertz CT molecular complexity index is 3480. The standard InChI is InChI=1S/C59H42N2/c1-59(2)55-22-11-10-20-51(55)52-37-54-53-36-48(33-34-57(53)61(58(54)38-56(52)59)47-32-25-40-15-6-7-17-44(40)35-47)60(45-28-23-41(24-29-45)39-13-4-3-5-14-39)46-30-26-43(27-31-46)50-21-12-18-42-16-8-9-19-49(42)50/h3-38H,1-2H3. The van der Waals surface area contributed by atoms with E-state index in [2.05, 4.69) is 242 Å². The monoisotopic (exact) mass is 778 g/mol. The molecule has 1 heterocycles. The van der Waals surface area contributed by atoms with Crippen molar-refractivity contribution in [1.29, 1.82) is 0 Å². The number of nitrogens with zero attached hydrogens (tertiary/aromatic N) is 2. The second-order valence-electron chi connectivity index (χ2n) is 17.0. The molecule has 0 N–H and O–H groups in total. The maximum Gasteiger partial charge on any atom is 0.0544 e. The average Bonchev–Trinajstić information content (AvgIpc) is 3.75. The van der Waals surface area contributed by atoms with Crippen LogP contribution >= 0.6 is 0 Å². The maximum absolute atomic E-state index is 2.48. The highest BCUT2D eigenvalue weighted by Crippen LogP contribution is 2.51. The Hall–Kier alpha value is -7.68. The molecule has 0 fully saturated rings. The van der Waals surface area contributed by atoms with E-state index >= 15 is 0 Å². The van der Waals surface area contributed by atoms with Crippen LogP contribution in [0.25, 0.3) is 82.4 Å². The van der Waals surface area contributed by atoms with E-state index < -0.39 is 0 Å². The van der Waals surface area contributed by atoms with E-state index in [0.29, 0.717) is 0 Å². The number of hydrogen-bond donors (Lipinski definition) is 0. The van der Waals surface area contributed by atoms with E-state index in [4.69, 9.17) is 0 Å². The third kappa shape index (κ3) is 5.64. The molecule has 12 rings (SSSR count). The number of benzene rings is 10. The van der Waals surface area contributed by atoms with Crippen LogP contribution in [-0.2, 0) is 5.41 Å². The summed E-state index contributed by atoms with van der Waals surface area (Å²) in [4.78, 5) is 2.41. The molecule has 288 valence electrons. The van der Waals surface area contributed by atoms with Crippen LogP contribution in [-0.4, -0.2) is 4.57 Å². The SMILES string of the molecule is CC1(C)c2ccccc2-c2cc3c4cc(N(c5ccc(-c6ccccc6)cc5)c5ccc(-c6cccc7ccccc67)cc5)ccc4n(-c4ccc5ccccc5c4)c3cc21. The van der Waals surface area contributed by atoms with Gasteiger partial charge in [0.1, 0.15) is 0 Å². The highest BCUT2D eigenvalue weighted by Gasteiger charge is 2.36. The molecule has 0 bridgehead atoms. The Morgan fingerprint density at radius 1 is 0.344 bits per heavy atom. The lowest BCUT2D eigenvalue weighted by Gasteiger charge is -2.26. The number of aromatic nitrogens is 1. The lowest BCUT2D eigenvalue weighted by molar-refractivity contribution is 0.661. The fourth-order valence-corrected chi connectivity index (χ4v) is 10.1. The fourth-order valence-electron chi connectivity index (χ4n) is 10.1. The molecule has 0 atom stereocenters. The van der Waals surface area contributed by atoms with E-state index in [9.17, 15) is 0 Å². The van der Waals surface area contributed by atoms with Gasteiger partial charge in [-0.3, -0.25) is 0 Å². The third-order valence-electron chi connectivity index (χ3n) is 13.2. The average molecular weight is 779 g/mol. The van der Waals surface area contributed by atoms with Crippen LogP contribution < -0.4 is 4.90 Å². The van der Waals surface area contributed by atoms with Crippen LogP contribution in [0.1, 0.15) is 25.0 Å². The summed E-state index contributed by atoms with van der Waals surface area (Å²) in [5, 5.41) is 7.46. The van der Waals surface area contributed by atoms with Gasteiger partial charge in [0.05, 0.1) is 11.0 Å². The summed E-state index contributed by atoms with van der Waals surface area (Å²) in [5.41, 5.74) is 17.0. The summed E-state index contributed by atoms with van der Waals surface area (Å²) in [6.07, 6.45) is 0. The summed E-state index contributed by atoms with van der Waals surface area (Å²) in [6.45, 7) is 4.74. The molecule has 1 aliphatic rings. The van der Waals surface area contributed by atoms with E-state index in [1.54, 1.807) is 0 Å². The molecule has 10 aromatic carbocycles. The first-order chi connectivity index (χ1) is 30.0. The van der Waals surface area contributed by atoms with Gasteiger partial charge in [0.15, 0.2) is 0 Å². The molecule has 1 aliphatic carbocycles. The molecular weight excluding hydrogens is 737 g/mol. The van der Waals surface area contributed by atoms with Crippen LogP contribution in [0.15, 0.2) is 218 Å². The molecule has 1 aromatic heterocycles. The van der Waals surface area contributed by atoms with Gasteiger partial charge in [-0.2, -0.15) is 0 Å². The van der Waals surface area contributed by atoms with Gasteiger partial charge in [-0.1, -0.05) is 166 Å². The Morgan fingerprint density at radius 2 is 0.951 bits per heavy atom. The Labute approximate surface area is 356 Å². The normalized spacial score (nSPS) is 12.9. The molecule has 0 aliphatic heterocycles. The molecule has 61 heavy (non-hydrogen) atoms. The van der Waals surface area contributed by atoms with Crippen molar-refractivity contribution in [3.05, 3.63) is 230 Å². The molecule has 2 heteroatoms. The van der Waals surface area contributed by atoms with Crippen molar-refractivity contribution < 1.29 is 0 Å². The molecule has 0 spiro atoms. The van der Waals surface area contributed by atoms with Crippen LogP contribution in [0.2, 0.25) is 0 Å². The van der Waals surface area contributed by atoms with E-state index in [1.807, 2.05) is 0 Å². The Morgan fingerprint density at radius 3 is 1.75 bits per heavy atom. The van der Waals surface area contributed by atoms with Crippen LogP contribution in [0.4, 0.5) is 17.1 Å². The predicted molar refractivity (Wildman–Crippen MR) is 259 cm³/mol. The zero-order valence-corrected chi connectivity index (χ0v) is 34.2.